The van der Waals surface area contributed by atoms with E-state index in [9.17, 15) is 9.18 Å². The van der Waals surface area contributed by atoms with Crippen molar-refractivity contribution < 1.29 is 9.18 Å². The van der Waals surface area contributed by atoms with Crippen molar-refractivity contribution in [1.29, 1.82) is 5.26 Å². The molecule has 2 rings (SSSR count). The number of anilines is 1. The molecule has 0 aliphatic heterocycles. The summed E-state index contributed by atoms with van der Waals surface area (Å²) < 4.78 is 13.8. The molecular weight excluding hydrogens is 361 g/mol. The lowest BCUT2D eigenvalue weighted by Gasteiger charge is -2.06. The number of hydrogen-bond donors (Lipinski definition) is 2. The Kier molecular flexibility index (Phi) is 5.89. The van der Waals surface area contributed by atoms with E-state index in [4.69, 9.17) is 5.26 Å². The number of amides is 1. The molecule has 0 atom stereocenters. The van der Waals surface area contributed by atoms with E-state index < -0.39 is 11.7 Å². The Bertz CT molecular complexity index is 766. The fourth-order valence-corrected chi connectivity index (χ4v) is 2.21. The molecule has 6 heteroatoms. The number of nitrogens with one attached hydrogen (secondary N) is 2. The average Bonchev–Trinajstić information content (AvgIpc) is 2.55. The molecule has 0 fully saturated rings. The SMILES string of the molecule is N#C/C(=C/NCc1ccccc1Br)C(=O)Nc1ccc(F)cc1. The molecule has 2 aromatic rings. The molecule has 0 aromatic heterocycles. The van der Waals surface area contributed by atoms with Gasteiger partial charge in [-0.2, -0.15) is 5.26 Å². The smallest absolute Gasteiger partial charge is 0.267 e. The van der Waals surface area contributed by atoms with Crippen LogP contribution in [0.5, 0.6) is 0 Å². The molecule has 0 bridgehead atoms. The Balaban J connectivity index is 1.98. The van der Waals surface area contributed by atoms with Crippen molar-refractivity contribution in [2.24, 2.45) is 0 Å². The third kappa shape index (κ3) is 4.94. The van der Waals surface area contributed by atoms with Gasteiger partial charge in [-0.05, 0) is 35.9 Å². The zero-order chi connectivity index (χ0) is 16.7. The van der Waals surface area contributed by atoms with Crippen LogP contribution in [0.3, 0.4) is 0 Å². The van der Waals surface area contributed by atoms with Crippen LogP contribution in [0, 0.1) is 17.1 Å². The maximum Gasteiger partial charge on any atom is 0.267 e. The summed E-state index contributed by atoms with van der Waals surface area (Å²) in [6.45, 7) is 0.469. The van der Waals surface area contributed by atoms with Gasteiger partial charge in [0.15, 0.2) is 0 Å². The molecule has 0 saturated heterocycles. The highest BCUT2D eigenvalue weighted by molar-refractivity contribution is 9.10. The van der Waals surface area contributed by atoms with E-state index in [0.29, 0.717) is 12.2 Å². The van der Waals surface area contributed by atoms with Gasteiger partial charge >= 0.3 is 0 Å². The van der Waals surface area contributed by atoms with Crippen molar-refractivity contribution in [3.8, 4) is 6.07 Å². The summed E-state index contributed by atoms with van der Waals surface area (Å²) >= 11 is 3.42. The van der Waals surface area contributed by atoms with E-state index >= 15 is 0 Å². The lowest BCUT2D eigenvalue weighted by molar-refractivity contribution is -0.112. The molecule has 0 unspecified atom stereocenters. The molecule has 0 saturated carbocycles. The molecule has 0 aliphatic rings. The fourth-order valence-electron chi connectivity index (χ4n) is 1.79. The van der Waals surface area contributed by atoms with E-state index in [1.165, 1.54) is 30.5 Å². The van der Waals surface area contributed by atoms with Crippen LogP contribution in [0.4, 0.5) is 10.1 Å². The lowest BCUT2D eigenvalue weighted by atomic mass is 10.2. The fraction of sp³-hybridized carbons (Fsp3) is 0.0588. The Labute approximate surface area is 141 Å². The molecular formula is C17H13BrFN3O. The van der Waals surface area contributed by atoms with Gasteiger partial charge in [-0.15, -0.1) is 0 Å². The van der Waals surface area contributed by atoms with Crippen LogP contribution in [0.15, 0.2) is 64.8 Å². The number of halogens is 2. The molecule has 0 spiro atoms. The van der Waals surface area contributed by atoms with Gasteiger partial charge < -0.3 is 10.6 Å². The standard InChI is InChI=1S/C17H13BrFN3O/c18-16-4-2-1-3-12(16)10-21-11-13(9-20)17(23)22-15-7-5-14(19)6-8-15/h1-8,11,21H,10H2,(H,22,23)/b13-11-. The summed E-state index contributed by atoms with van der Waals surface area (Å²) in [7, 11) is 0. The molecule has 116 valence electrons. The maximum atomic E-state index is 12.8. The summed E-state index contributed by atoms with van der Waals surface area (Å²) in [4.78, 5) is 12.0. The van der Waals surface area contributed by atoms with Crippen molar-refractivity contribution in [2.75, 3.05) is 5.32 Å². The van der Waals surface area contributed by atoms with Gasteiger partial charge in [0.25, 0.3) is 5.91 Å². The van der Waals surface area contributed by atoms with Crippen molar-refractivity contribution >= 4 is 27.5 Å². The normalized spacial score (nSPS) is 10.7. The Hall–Kier alpha value is -2.65. The van der Waals surface area contributed by atoms with E-state index in [0.717, 1.165) is 10.0 Å². The van der Waals surface area contributed by atoms with Gasteiger partial charge in [0, 0.05) is 22.9 Å². The van der Waals surface area contributed by atoms with Crippen molar-refractivity contribution in [3.63, 3.8) is 0 Å². The van der Waals surface area contributed by atoms with Gasteiger partial charge in [-0.3, -0.25) is 4.79 Å². The zero-order valence-corrected chi connectivity index (χ0v) is 13.6. The number of rotatable bonds is 5. The number of nitriles is 1. The second kappa shape index (κ2) is 8.11. The molecule has 4 nitrogen and oxygen atoms in total. The number of carbonyl (C=O) groups excluding carboxylic acids is 1. The molecule has 1 amide bonds. The predicted molar refractivity (Wildman–Crippen MR) is 89.7 cm³/mol. The second-order valence-electron chi connectivity index (χ2n) is 4.60. The van der Waals surface area contributed by atoms with Gasteiger partial charge in [0.2, 0.25) is 0 Å². The Morgan fingerprint density at radius 2 is 1.91 bits per heavy atom. The highest BCUT2D eigenvalue weighted by Crippen LogP contribution is 2.15. The molecule has 23 heavy (non-hydrogen) atoms. The Morgan fingerprint density at radius 3 is 2.57 bits per heavy atom. The summed E-state index contributed by atoms with van der Waals surface area (Å²) in [5.41, 5.74) is 1.35. The monoisotopic (exact) mass is 373 g/mol. The minimum Gasteiger partial charge on any atom is -0.386 e. The predicted octanol–water partition coefficient (Wildman–Crippen LogP) is 3.72. The first kappa shape index (κ1) is 16.7. The van der Waals surface area contributed by atoms with Crippen LogP contribution < -0.4 is 10.6 Å². The summed E-state index contributed by atoms with van der Waals surface area (Å²) in [6, 6.07) is 14.8. The third-order valence-electron chi connectivity index (χ3n) is 2.96. The minimum atomic E-state index is -0.557. The van der Waals surface area contributed by atoms with Crippen molar-refractivity contribution in [2.45, 2.75) is 6.54 Å². The summed E-state index contributed by atoms with van der Waals surface area (Å²) in [5.74, 6) is -0.951. The first-order chi connectivity index (χ1) is 11.1. The van der Waals surface area contributed by atoms with Crippen LogP contribution in [-0.2, 0) is 11.3 Å². The zero-order valence-electron chi connectivity index (χ0n) is 12.0. The highest BCUT2D eigenvalue weighted by Gasteiger charge is 2.09. The second-order valence-corrected chi connectivity index (χ2v) is 5.46. The van der Waals surface area contributed by atoms with Gasteiger partial charge in [-0.25, -0.2) is 4.39 Å². The first-order valence-electron chi connectivity index (χ1n) is 6.74. The van der Waals surface area contributed by atoms with E-state index in [2.05, 4.69) is 26.6 Å². The molecule has 2 N–H and O–H groups in total. The number of benzene rings is 2. The van der Waals surface area contributed by atoms with Crippen LogP contribution in [0.25, 0.3) is 0 Å². The van der Waals surface area contributed by atoms with Crippen LogP contribution in [-0.4, -0.2) is 5.91 Å². The molecule has 0 radical (unpaired) electrons. The number of nitrogens with zero attached hydrogens (tertiary/aromatic N) is 1. The van der Waals surface area contributed by atoms with Gasteiger partial charge in [0.1, 0.15) is 17.5 Å². The summed E-state index contributed by atoms with van der Waals surface area (Å²) in [5, 5.41) is 14.6. The van der Waals surface area contributed by atoms with Gasteiger partial charge in [0.05, 0.1) is 0 Å². The van der Waals surface area contributed by atoms with Crippen LogP contribution >= 0.6 is 15.9 Å². The van der Waals surface area contributed by atoms with E-state index in [-0.39, 0.29) is 5.57 Å². The maximum absolute atomic E-state index is 12.8. The molecule has 0 heterocycles. The van der Waals surface area contributed by atoms with Crippen LogP contribution in [0.1, 0.15) is 5.56 Å². The highest BCUT2D eigenvalue weighted by atomic mass is 79.9. The van der Waals surface area contributed by atoms with Gasteiger partial charge in [-0.1, -0.05) is 34.1 Å². The minimum absolute atomic E-state index is 0.0682. The average molecular weight is 374 g/mol. The Morgan fingerprint density at radius 1 is 1.22 bits per heavy atom. The number of carbonyl (C=O) groups is 1. The van der Waals surface area contributed by atoms with Crippen molar-refractivity contribution in [3.05, 3.63) is 76.2 Å². The first-order valence-corrected chi connectivity index (χ1v) is 7.53. The van der Waals surface area contributed by atoms with E-state index in [1.54, 1.807) is 0 Å². The summed E-state index contributed by atoms with van der Waals surface area (Å²) in [6.07, 6.45) is 1.36. The van der Waals surface area contributed by atoms with E-state index in [1.807, 2.05) is 30.3 Å². The quantitative estimate of drug-likeness (QED) is 0.619. The lowest BCUT2D eigenvalue weighted by Crippen LogP contribution is -2.16. The third-order valence-corrected chi connectivity index (χ3v) is 3.74. The topological polar surface area (TPSA) is 64.9 Å². The van der Waals surface area contributed by atoms with Crippen molar-refractivity contribution in [1.82, 2.24) is 5.32 Å². The molecule has 0 aliphatic carbocycles. The number of hydrogen-bond acceptors (Lipinski definition) is 3. The van der Waals surface area contributed by atoms with Crippen LogP contribution in [0.2, 0.25) is 0 Å². The largest absolute Gasteiger partial charge is 0.386 e. The molecule has 2 aromatic carbocycles.